The molecule has 6 heteroatoms. The second-order valence-corrected chi connectivity index (χ2v) is 7.68. The third kappa shape index (κ3) is 3.27. The van der Waals surface area contributed by atoms with Crippen molar-refractivity contribution in [2.24, 2.45) is 0 Å². The topological polar surface area (TPSA) is 38.8 Å². The zero-order valence-corrected chi connectivity index (χ0v) is 15.4. The number of aryl methyl sites for hydroxylation is 1. The van der Waals surface area contributed by atoms with Crippen LogP contribution in [-0.2, 0) is 6.54 Å². The fraction of sp³-hybridized carbons (Fsp3) is 0.211. The van der Waals surface area contributed by atoms with Gasteiger partial charge in [-0.05, 0) is 47.5 Å². The Bertz CT molecular complexity index is 886. The molecule has 4 nitrogen and oxygen atoms in total. The molecule has 0 saturated heterocycles. The lowest BCUT2D eigenvalue weighted by Crippen LogP contribution is -2.30. The van der Waals surface area contributed by atoms with Crippen LogP contribution < -0.4 is 14.4 Å². The lowest BCUT2D eigenvalue weighted by Gasteiger charge is -2.25. The van der Waals surface area contributed by atoms with Crippen molar-refractivity contribution in [2.45, 2.75) is 13.5 Å². The molecule has 1 aliphatic heterocycles. The van der Waals surface area contributed by atoms with Crippen LogP contribution in [0.5, 0.6) is 11.5 Å². The number of anilines is 1. The van der Waals surface area contributed by atoms with E-state index >= 15 is 0 Å². The maximum absolute atomic E-state index is 13.2. The number of amides is 1. The van der Waals surface area contributed by atoms with Crippen LogP contribution in [-0.4, -0.2) is 19.1 Å². The van der Waals surface area contributed by atoms with Crippen molar-refractivity contribution in [3.63, 3.8) is 0 Å². The minimum atomic E-state index is 0.0116. The van der Waals surface area contributed by atoms with Crippen LogP contribution in [0.15, 0.2) is 47.2 Å². The normalized spacial score (nSPS) is 12.8. The predicted molar refractivity (Wildman–Crippen MR) is 101 cm³/mol. The van der Waals surface area contributed by atoms with Crippen LogP contribution in [0, 0.1) is 6.92 Å². The van der Waals surface area contributed by atoms with Crippen LogP contribution in [0.25, 0.3) is 0 Å². The lowest BCUT2D eigenvalue weighted by atomic mass is 10.2. The Morgan fingerprint density at radius 2 is 1.92 bits per heavy atom. The number of thiophene rings is 2. The summed E-state index contributed by atoms with van der Waals surface area (Å²) in [6.45, 7) is 3.59. The molecule has 0 N–H and O–H groups in total. The molecule has 2 aromatic heterocycles. The van der Waals surface area contributed by atoms with E-state index in [-0.39, 0.29) is 5.91 Å². The third-order valence-corrected chi connectivity index (χ3v) is 5.90. The lowest BCUT2D eigenvalue weighted by molar-refractivity contribution is 0.0988. The van der Waals surface area contributed by atoms with Crippen LogP contribution in [0.1, 0.15) is 20.1 Å². The summed E-state index contributed by atoms with van der Waals surface area (Å²) in [7, 11) is 0. The largest absolute Gasteiger partial charge is 0.486 e. The molecule has 0 bridgehead atoms. The molecule has 0 fully saturated rings. The Balaban J connectivity index is 1.72. The standard InChI is InChI=1S/C19H17NO3S2/c1-13-6-10-25-18(13)19(21)20(12-15-3-2-9-24-15)14-4-5-16-17(11-14)23-8-7-22-16/h2-6,9-11H,7-8,12H2,1H3. The van der Waals surface area contributed by atoms with E-state index in [9.17, 15) is 4.79 Å². The van der Waals surface area contributed by atoms with Crippen LogP contribution in [0.3, 0.4) is 0 Å². The number of fused-ring (bicyclic) bond motifs is 1. The van der Waals surface area contributed by atoms with E-state index in [1.54, 1.807) is 11.3 Å². The molecule has 0 radical (unpaired) electrons. The fourth-order valence-electron chi connectivity index (χ4n) is 2.75. The Hall–Kier alpha value is -2.31. The smallest absolute Gasteiger partial charge is 0.268 e. The van der Waals surface area contributed by atoms with Crippen LogP contribution in [0.2, 0.25) is 0 Å². The number of carbonyl (C=O) groups is 1. The minimum Gasteiger partial charge on any atom is -0.486 e. The van der Waals surface area contributed by atoms with Crippen molar-refractivity contribution in [3.05, 3.63) is 62.5 Å². The molecule has 0 unspecified atom stereocenters. The first kappa shape index (κ1) is 16.2. The maximum atomic E-state index is 13.2. The summed E-state index contributed by atoms with van der Waals surface area (Å²) < 4.78 is 11.3. The summed E-state index contributed by atoms with van der Waals surface area (Å²) in [5.74, 6) is 1.43. The second-order valence-electron chi connectivity index (χ2n) is 5.73. The van der Waals surface area contributed by atoms with Gasteiger partial charge in [0, 0.05) is 16.6 Å². The predicted octanol–water partition coefficient (Wildman–Crippen LogP) is 4.74. The van der Waals surface area contributed by atoms with Gasteiger partial charge in [0.2, 0.25) is 0 Å². The Labute approximate surface area is 154 Å². The van der Waals surface area contributed by atoms with Gasteiger partial charge in [-0.1, -0.05) is 6.07 Å². The van der Waals surface area contributed by atoms with Crippen molar-refractivity contribution in [2.75, 3.05) is 18.1 Å². The molecule has 128 valence electrons. The summed E-state index contributed by atoms with van der Waals surface area (Å²) in [5.41, 5.74) is 1.82. The first-order valence-electron chi connectivity index (χ1n) is 8.00. The molecule has 0 spiro atoms. The number of hydrogen-bond acceptors (Lipinski definition) is 5. The van der Waals surface area contributed by atoms with Crippen LogP contribution >= 0.6 is 22.7 Å². The molecule has 3 heterocycles. The summed E-state index contributed by atoms with van der Waals surface area (Å²) in [4.78, 5) is 16.9. The van der Waals surface area contributed by atoms with Gasteiger partial charge in [-0.3, -0.25) is 4.79 Å². The molecular formula is C19H17NO3S2. The SMILES string of the molecule is Cc1ccsc1C(=O)N(Cc1cccs1)c1ccc2c(c1)OCCO2. The first-order chi connectivity index (χ1) is 12.2. The van der Waals surface area contributed by atoms with E-state index in [2.05, 4.69) is 0 Å². The molecule has 1 aromatic carbocycles. The monoisotopic (exact) mass is 371 g/mol. The van der Waals surface area contributed by atoms with E-state index in [0.29, 0.717) is 25.5 Å². The van der Waals surface area contributed by atoms with Gasteiger partial charge in [-0.2, -0.15) is 0 Å². The minimum absolute atomic E-state index is 0.0116. The van der Waals surface area contributed by atoms with E-state index in [4.69, 9.17) is 9.47 Å². The van der Waals surface area contributed by atoms with E-state index < -0.39 is 0 Å². The highest BCUT2D eigenvalue weighted by molar-refractivity contribution is 7.12. The number of benzene rings is 1. The van der Waals surface area contributed by atoms with E-state index in [1.165, 1.54) is 11.3 Å². The number of ether oxygens (including phenoxy) is 2. The summed E-state index contributed by atoms with van der Waals surface area (Å²) in [5, 5.41) is 3.98. The molecule has 25 heavy (non-hydrogen) atoms. The zero-order chi connectivity index (χ0) is 17.2. The zero-order valence-electron chi connectivity index (χ0n) is 13.7. The number of carbonyl (C=O) groups excluding carboxylic acids is 1. The number of rotatable bonds is 4. The Morgan fingerprint density at radius 3 is 2.64 bits per heavy atom. The fourth-order valence-corrected chi connectivity index (χ4v) is 4.32. The summed E-state index contributed by atoms with van der Waals surface area (Å²) in [6.07, 6.45) is 0. The first-order valence-corrected chi connectivity index (χ1v) is 9.76. The van der Waals surface area contributed by atoms with Crippen LogP contribution in [0.4, 0.5) is 5.69 Å². The van der Waals surface area contributed by atoms with Gasteiger partial charge in [-0.25, -0.2) is 0 Å². The van der Waals surface area contributed by atoms with Gasteiger partial charge in [-0.15, -0.1) is 22.7 Å². The highest BCUT2D eigenvalue weighted by Gasteiger charge is 2.23. The van der Waals surface area contributed by atoms with Gasteiger partial charge in [0.25, 0.3) is 5.91 Å². The molecular weight excluding hydrogens is 354 g/mol. The molecule has 3 aromatic rings. The van der Waals surface area contributed by atoms with Gasteiger partial charge in [0.05, 0.1) is 11.4 Å². The Kier molecular flexibility index (Phi) is 4.46. The maximum Gasteiger partial charge on any atom is 0.268 e. The van der Waals surface area contributed by atoms with Crippen molar-refractivity contribution in [1.29, 1.82) is 0 Å². The molecule has 1 amide bonds. The van der Waals surface area contributed by atoms with E-state index in [0.717, 1.165) is 26.8 Å². The average Bonchev–Trinajstić information content (AvgIpc) is 3.30. The van der Waals surface area contributed by atoms with Gasteiger partial charge < -0.3 is 14.4 Å². The quantitative estimate of drug-likeness (QED) is 0.665. The number of hydrogen-bond donors (Lipinski definition) is 0. The van der Waals surface area contributed by atoms with Gasteiger partial charge in [0.1, 0.15) is 13.2 Å². The molecule has 0 atom stereocenters. The van der Waals surface area contributed by atoms with Crippen molar-refractivity contribution >= 4 is 34.3 Å². The molecule has 1 aliphatic rings. The van der Waals surface area contributed by atoms with Crippen molar-refractivity contribution in [1.82, 2.24) is 0 Å². The highest BCUT2D eigenvalue weighted by atomic mass is 32.1. The third-order valence-electron chi connectivity index (χ3n) is 4.03. The van der Waals surface area contributed by atoms with Gasteiger partial charge >= 0.3 is 0 Å². The molecule has 4 rings (SSSR count). The summed E-state index contributed by atoms with van der Waals surface area (Å²) in [6, 6.07) is 11.7. The highest BCUT2D eigenvalue weighted by Crippen LogP contribution is 2.35. The molecule has 0 saturated carbocycles. The summed E-state index contributed by atoms with van der Waals surface area (Å²) >= 11 is 3.13. The molecule has 0 aliphatic carbocycles. The van der Waals surface area contributed by atoms with Crippen molar-refractivity contribution < 1.29 is 14.3 Å². The average molecular weight is 371 g/mol. The Morgan fingerprint density at radius 1 is 1.08 bits per heavy atom. The number of nitrogens with zero attached hydrogens (tertiary/aromatic N) is 1. The van der Waals surface area contributed by atoms with E-state index in [1.807, 2.05) is 59.0 Å². The second kappa shape index (κ2) is 6.90. The van der Waals surface area contributed by atoms with Gasteiger partial charge in [0.15, 0.2) is 11.5 Å². The van der Waals surface area contributed by atoms with Crippen molar-refractivity contribution in [3.8, 4) is 11.5 Å².